The van der Waals surface area contributed by atoms with E-state index in [9.17, 15) is 5.11 Å². The molecule has 1 aliphatic heterocycles. The fourth-order valence-corrected chi connectivity index (χ4v) is 9.09. The zero-order valence-electron chi connectivity index (χ0n) is 18.4. The monoisotopic (exact) mass is 398 g/mol. The summed E-state index contributed by atoms with van der Waals surface area (Å²) in [6.07, 6.45) is 6.25. The molecule has 158 valence electrons. The number of methoxy groups -OCH3 is 1. The van der Waals surface area contributed by atoms with E-state index in [2.05, 4.69) is 32.0 Å². The lowest BCUT2D eigenvalue weighted by atomic mass is 9.47. The first-order valence-corrected chi connectivity index (χ1v) is 11.4. The molecule has 29 heavy (non-hydrogen) atoms. The van der Waals surface area contributed by atoms with E-state index in [1.165, 1.54) is 11.1 Å². The van der Waals surface area contributed by atoms with Gasteiger partial charge in [-0.3, -0.25) is 0 Å². The summed E-state index contributed by atoms with van der Waals surface area (Å²) in [6.45, 7) is 8.50. The fourth-order valence-electron chi connectivity index (χ4n) is 9.09. The van der Waals surface area contributed by atoms with Crippen molar-refractivity contribution in [2.45, 2.75) is 95.2 Å². The Labute approximate surface area is 173 Å². The Kier molecular flexibility index (Phi) is 3.35. The number of hydrogen-bond acceptors (Lipinski definition) is 4. The van der Waals surface area contributed by atoms with Gasteiger partial charge in [0.25, 0.3) is 0 Å². The number of aryl methyl sites for hydroxylation is 1. The number of benzene rings is 1. The summed E-state index contributed by atoms with van der Waals surface area (Å²) < 4.78 is 18.7. The normalized spacial score (nSPS) is 51.2. The smallest absolute Gasteiger partial charge is 0.164 e. The van der Waals surface area contributed by atoms with Crippen LogP contribution in [0.15, 0.2) is 18.2 Å². The summed E-state index contributed by atoms with van der Waals surface area (Å²) in [5.41, 5.74) is 1.33. The number of fused-ring (bicyclic) bond motifs is 5. The van der Waals surface area contributed by atoms with Crippen LogP contribution in [0.4, 0.5) is 0 Å². The molecule has 1 aromatic carbocycles. The van der Waals surface area contributed by atoms with E-state index in [1.807, 2.05) is 13.8 Å². The van der Waals surface area contributed by atoms with E-state index in [1.54, 1.807) is 7.11 Å². The van der Waals surface area contributed by atoms with Crippen LogP contribution < -0.4 is 4.74 Å². The van der Waals surface area contributed by atoms with Gasteiger partial charge in [-0.15, -0.1) is 0 Å². The van der Waals surface area contributed by atoms with Gasteiger partial charge in [0.15, 0.2) is 5.79 Å². The third-order valence-corrected chi connectivity index (χ3v) is 10.1. The van der Waals surface area contributed by atoms with Gasteiger partial charge in [-0.05, 0) is 94.4 Å². The van der Waals surface area contributed by atoms with Crippen molar-refractivity contribution in [3.63, 3.8) is 0 Å². The lowest BCUT2D eigenvalue weighted by molar-refractivity contribution is -0.244. The molecule has 7 atom stereocenters. The molecule has 4 heteroatoms. The second-order valence-electron chi connectivity index (χ2n) is 11.2. The summed E-state index contributed by atoms with van der Waals surface area (Å²) in [4.78, 5) is 0. The van der Waals surface area contributed by atoms with Gasteiger partial charge in [0.05, 0.1) is 13.2 Å². The highest BCUT2D eigenvalue weighted by molar-refractivity contribution is 5.44. The molecule has 5 aliphatic rings. The highest BCUT2D eigenvalue weighted by Crippen LogP contribution is 2.82. The molecule has 0 spiro atoms. The first-order chi connectivity index (χ1) is 13.6. The SMILES string of the molecule is COc1ccc2c(c1)CC[C@@H]1[C@@H]2CC[C@@]2(C)[C@]13CC[C@@]2(O)[C@@]1(C)OC(C)(C)O[C@@H]31. The van der Waals surface area contributed by atoms with Crippen LogP contribution in [0.5, 0.6) is 5.75 Å². The van der Waals surface area contributed by atoms with Crippen LogP contribution in [0.1, 0.15) is 76.8 Å². The first kappa shape index (κ1) is 18.7. The molecule has 1 aromatic rings. The van der Waals surface area contributed by atoms with Crippen molar-refractivity contribution in [3.05, 3.63) is 29.3 Å². The molecule has 1 heterocycles. The summed E-state index contributed by atoms with van der Waals surface area (Å²) >= 11 is 0. The average molecular weight is 399 g/mol. The van der Waals surface area contributed by atoms with Crippen LogP contribution in [0.2, 0.25) is 0 Å². The van der Waals surface area contributed by atoms with E-state index in [4.69, 9.17) is 14.2 Å². The van der Waals surface area contributed by atoms with Gasteiger partial charge >= 0.3 is 0 Å². The third kappa shape index (κ3) is 1.81. The standard InChI is InChI=1S/C25H34O4/c1-21(2)28-20-23(4,29-21)25(26)13-12-24(20)19-9-6-15-14-16(27-5)7-8-17(15)18(19)10-11-22(24,25)3/h7-8,14,18-20,26H,6,9-13H2,1-5H3/t18-,19-,20-,22+,23+,24-,25+/m1/s1. The molecule has 6 rings (SSSR count). The van der Waals surface area contributed by atoms with Crippen LogP contribution in [-0.4, -0.2) is 35.3 Å². The van der Waals surface area contributed by atoms with Gasteiger partial charge in [0.2, 0.25) is 0 Å². The predicted molar refractivity (Wildman–Crippen MR) is 110 cm³/mol. The number of aliphatic hydroxyl groups is 1. The van der Waals surface area contributed by atoms with Crippen LogP contribution in [0, 0.1) is 16.7 Å². The molecule has 1 saturated heterocycles. The maximum absolute atomic E-state index is 12.2. The van der Waals surface area contributed by atoms with E-state index >= 15 is 0 Å². The van der Waals surface area contributed by atoms with E-state index in [-0.39, 0.29) is 16.9 Å². The Balaban J connectivity index is 1.51. The number of ether oxygens (including phenoxy) is 3. The van der Waals surface area contributed by atoms with E-state index < -0.39 is 17.0 Å². The Hall–Kier alpha value is -1.10. The molecule has 0 amide bonds. The van der Waals surface area contributed by atoms with Crippen molar-refractivity contribution in [1.82, 2.24) is 0 Å². The van der Waals surface area contributed by atoms with Gasteiger partial charge < -0.3 is 19.3 Å². The van der Waals surface area contributed by atoms with Crippen molar-refractivity contribution in [2.75, 3.05) is 7.11 Å². The summed E-state index contributed by atoms with van der Waals surface area (Å²) in [5.74, 6) is 1.38. The molecule has 0 aromatic heterocycles. The highest BCUT2D eigenvalue weighted by atomic mass is 16.8. The van der Waals surface area contributed by atoms with Crippen LogP contribution in [0.25, 0.3) is 0 Å². The van der Waals surface area contributed by atoms with Crippen molar-refractivity contribution in [2.24, 2.45) is 16.7 Å². The molecule has 4 aliphatic carbocycles. The predicted octanol–water partition coefficient (Wildman–Crippen LogP) is 4.58. The minimum Gasteiger partial charge on any atom is -0.497 e. The Bertz CT molecular complexity index is 895. The number of hydrogen-bond donors (Lipinski definition) is 1. The lowest BCUT2D eigenvalue weighted by Gasteiger charge is -2.57. The minimum atomic E-state index is -0.816. The maximum Gasteiger partial charge on any atom is 0.164 e. The summed E-state index contributed by atoms with van der Waals surface area (Å²) in [7, 11) is 1.75. The third-order valence-electron chi connectivity index (χ3n) is 10.1. The van der Waals surface area contributed by atoms with Crippen molar-refractivity contribution in [3.8, 4) is 5.75 Å². The molecular weight excluding hydrogens is 364 g/mol. The fraction of sp³-hybridized carbons (Fsp3) is 0.760. The quantitative estimate of drug-likeness (QED) is 0.752. The summed E-state index contributed by atoms with van der Waals surface area (Å²) in [5, 5.41) is 12.2. The molecule has 0 radical (unpaired) electrons. The largest absolute Gasteiger partial charge is 0.497 e. The Morgan fingerprint density at radius 1 is 1.07 bits per heavy atom. The topological polar surface area (TPSA) is 47.9 Å². The van der Waals surface area contributed by atoms with E-state index in [0.29, 0.717) is 11.8 Å². The molecular formula is C25H34O4. The Morgan fingerprint density at radius 2 is 1.86 bits per heavy atom. The van der Waals surface area contributed by atoms with Crippen molar-refractivity contribution >= 4 is 0 Å². The molecule has 3 saturated carbocycles. The molecule has 1 N–H and O–H groups in total. The zero-order valence-corrected chi connectivity index (χ0v) is 18.4. The second kappa shape index (κ2) is 5.20. The van der Waals surface area contributed by atoms with Gasteiger partial charge in [-0.25, -0.2) is 0 Å². The van der Waals surface area contributed by atoms with Crippen molar-refractivity contribution < 1.29 is 19.3 Å². The van der Waals surface area contributed by atoms with Crippen LogP contribution >= 0.6 is 0 Å². The second-order valence-corrected chi connectivity index (χ2v) is 11.2. The van der Waals surface area contributed by atoms with Gasteiger partial charge in [0, 0.05) is 10.8 Å². The van der Waals surface area contributed by atoms with Gasteiger partial charge in [-0.1, -0.05) is 13.0 Å². The molecule has 4 nitrogen and oxygen atoms in total. The van der Waals surface area contributed by atoms with E-state index in [0.717, 1.165) is 44.3 Å². The average Bonchev–Trinajstić information content (AvgIpc) is 3.14. The zero-order chi connectivity index (χ0) is 20.4. The minimum absolute atomic E-state index is 0.0230. The number of rotatable bonds is 1. The van der Waals surface area contributed by atoms with Crippen LogP contribution in [-0.2, 0) is 15.9 Å². The van der Waals surface area contributed by atoms with Crippen LogP contribution in [0.3, 0.4) is 0 Å². The Morgan fingerprint density at radius 3 is 2.62 bits per heavy atom. The van der Waals surface area contributed by atoms with Crippen molar-refractivity contribution in [1.29, 1.82) is 0 Å². The first-order valence-electron chi connectivity index (χ1n) is 11.4. The summed E-state index contributed by atoms with van der Waals surface area (Å²) in [6, 6.07) is 6.66. The maximum atomic E-state index is 12.2. The lowest BCUT2D eigenvalue weighted by Crippen LogP contribution is -2.58. The highest BCUT2D eigenvalue weighted by Gasteiger charge is 2.88. The van der Waals surface area contributed by atoms with Gasteiger partial charge in [-0.2, -0.15) is 0 Å². The molecule has 4 fully saturated rings. The van der Waals surface area contributed by atoms with Gasteiger partial charge in [0.1, 0.15) is 17.0 Å². The molecule has 0 unspecified atom stereocenters. The molecule has 2 bridgehead atoms.